The van der Waals surface area contributed by atoms with E-state index in [1.807, 2.05) is 88.4 Å². The zero-order valence-corrected chi connectivity index (χ0v) is 27.8. The number of benzene rings is 4. The highest BCUT2D eigenvalue weighted by Gasteiger charge is 2.50. The van der Waals surface area contributed by atoms with Gasteiger partial charge in [-0.15, -0.1) is 0 Å². The minimum atomic E-state index is -4.29. The van der Waals surface area contributed by atoms with Gasteiger partial charge in [0.1, 0.15) is 10.6 Å². The van der Waals surface area contributed by atoms with E-state index in [-0.39, 0.29) is 34.0 Å². The summed E-state index contributed by atoms with van der Waals surface area (Å²) in [4.78, 5) is 16.1. The van der Waals surface area contributed by atoms with Gasteiger partial charge >= 0.3 is 0 Å². The number of hydrogen-bond donors (Lipinski definition) is 0. The van der Waals surface area contributed by atoms with E-state index in [1.54, 1.807) is 35.2 Å². The maximum atomic E-state index is 14.5. The third-order valence-corrected chi connectivity index (χ3v) is 10.4. The van der Waals surface area contributed by atoms with Crippen molar-refractivity contribution in [3.05, 3.63) is 125 Å². The molecule has 7 nitrogen and oxygen atoms in total. The average molecular weight is 647 g/mol. The predicted molar refractivity (Wildman–Crippen MR) is 178 cm³/mol. The van der Waals surface area contributed by atoms with Crippen LogP contribution in [0.2, 0.25) is 5.02 Å². The number of methoxy groups -OCH3 is 1. The van der Waals surface area contributed by atoms with Crippen molar-refractivity contribution in [2.75, 3.05) is 11.4 Å². The number of carbonyl (C=O) groups excluding carboxylic acids is 1. The Hall–Kier alpha value is -3.85. The number of anilines is 1. The highest BCUT2D eigenvalue weighted by atomic mass is 35.5. The molecule has 0 aliphatic carbocycles. The summed E-state index contributed by atoms with van der Waals surface area (Å²) in [6.45, 7) is 8.38. The third-order valence-electron chi connectivity index (χ3n) is 8.13. The van der Waals surface area contributed by atoms with Crippen molar-refractivity contribution in [3.63, 3.8) is 0 Å². The van der Waals surface area contributed by atoms with Crippen LogP contribution in [0.4, 0.5) is 5.69 Å². The topological polar surface area (TPSA) is 76.2 Å². The van der Waals surface area contributed by atoms with Gasteiger partial charge in [-0.2, -0.15) is 0 Å². The van der Waals surface area contributed by atoms with Crippen LogP contribution in [0.3, 0.4) is 0 Å². The van der Waals surface area contributed by atoms with Gasteiger partial charge in [0.15, 0.2) is 0 Å². The normalized spacial score (nSPS) is 17.1. The SMILES string of the molecule is COc1ccccc1N(Cc1ccccc1)S(=O)(=O)c1cc(C(=O)N(Cc2ccccc2)C2CC(C)(C)OC2(C)C)ccc1Cl. The Labute approximate surface area is 271 Å². The predicted octanol–water partition coefficient (Wildman–Crippen LogP) is 7.73. The Morgan fingerprint density at radius 3 is 2.02 bits per heavy atom. The standard InChI is InChI=1S/C36H39ClN2O5S/c1-35(2)23-33(36(3,4)44-35)38(24-26-14-8-6-9-15-26)34(40)28-20-21-29(37)32(22-28)45(41,42)39(25-27-16-10-7-11-17-27)30-18-12-13-19-31(30)43-5/h6-22,33H,23-25H2,1-5H3. The molecule has 0 radical (unpaired) electrons. The van der Waals surface area contributed by atoms with Crippen LogP contribution >= 0.6 is 11.6 Å². The van der Waals surface area contributed by atoms with Crippen LogP contribution in [0.25, 0.3) is 0 Å². The fraction of sp³-hybridized carbons (Fsp3) is 0.306. The molecule has 4 aromatic carbocycles. The maximum absolute atomic E-state index is 14.5. The molecule has 1 heterocycles. The molecule has 9 heteroatoms. The highest BCUT2D eigenvalue weighted by molar-refractivity contribution is 7.93. The Morgan fingerprint density at radius 1 is 0.867 bits per heavy atom. The molecule has 1 unspecified atom stereocenters. The van der Waals surface area contributed by atoms with Crippen LogP contribution in [0, 0.1) is 0 Å². The average Bonchev–Trinajstić information content (AvgIpc) is 3.25. The summed E-state index contributed by atoms with van der Waals surface area (Å²) in [5.41, 5.74) is 1.23. The molecule has 0 saturated carbocycles. The summed E-state index contributed by atoms with van der Waals surface area (Å²) in [6.07, 6.45) is 0.621. The number of ether oxygens (including phenoxy) is 2. The van der Waals surface area contributed by atoms with E-state index < -0.39 is 21.2 Å². The lowest BCUT2D eigenvalue weighted by molar-refractivity contribution is -0.0785. The van der Waals surface area contributed by atoms with Crippen molar-refractivity contribution in [1.82, 2.24) is 4.90 Å². The van der Waals surface area contributed by atoms with Crippen molar-refractivity contribution in [2.45, 2.75) is 69.3 Å². The molecule has 45 heavy (non-hydrogen) atoms. The van der Waals surface area contributed by atoms with E-state index in [1.165, 1.54) is 23.5 Å². The van der Waals surface area contributed by atoms with Gasteiger partial charge in [-0.1, -0.05) is 84.4 Å². The summed E-state index contributed by atoms with van der Waals surface area (Å²) >= 11 is 6.63. The Bertz CT molecular complexity index is 1760. The second kappa shape index (κ2) is 12.9. The van der Waals surface area contributed by atoms with Crippen LogP contribution in [-0.4, -0.2) is 43.6 Å². The number of halogens is 1. The Kier molecular flexibility index (Phi) is 9.31. The number of para-hydroxylation sites is 2. The van der Waals surface area contributed by atoms with Crippen molar-refractivity contribution >= 4 is 33.2 Å². The summed E-state index contributed by atoms with van der Waals surface area (Å²) in [6, 6.07) is 30.1. The monoisotopic (exact) mass is 646 g/mol. The lowest BCUT2D eigenvalue weighted by Crippen LogP contribution is -2.49. The number of nitrogens with zero attached hydrogens (tertiary/aromatic N) is 2. The van der Waals surface area contributed by atoms with Gasteiger partial charge < -0.3 is 14.4 Å². The molecular weight excluding hydrogens is 608 g/mol. The molecule has 1 aliphatic rings. The largest absolute Gasteiger partial charge is 0.495 e. The lowest BCUT2D eigenvalue weighted by Gasteiger charge is -2.36. The van der Waals surface area contributed by atoms with Gasteiger partial charge in [0, 0.05) is 12.1 Å². The van der Waals surface area contributed by atoms with Crippen LogP contribution in [-0.2, 0) is 27.8 Å². The molecule has 0 spiro atoms. The Morgan fingerprint density at radius 2 is 1.44 bits per heavy atom. The van der Waals surface area contributed by atoms with Gasteiger partial charge in [-0.05, 0) is 75.6 Å². The van der Waals surface area contributed by atoms with Gasteiger partial charge in [-0.25, -0.2) is 8.42 Å². The van der Waals surface area contributed by atoms with Crippen molar-refractivity contribution in [3.8, 4) is 5.75 Å². The van der Waals surface area contributed by atoms with Gasteiger partial charge in [0.05, 0.1) is 41.6 Å². The van der Waals surface area contributed by atoms with E-state index in [0.717, 1.165) is 11.1 Å². The molecule has 5 rings (SSSR count). The van der Waals surface area contributed by atoms with Crippen LogP contribution in [0.15, 0.2) is 108 Å². The van der Waals surface area contributed by atoms with Crippen molar-refractivity contribution in [2.24, 2.45) is 0 Å². The van der Waals surface area contributed by atoms with E-state index in [0.29, 0.717) is 24.4 Å². The highest BCUT2D eigenvalue weighted by Crippen LogP contribution is 2.42. The number of rotatable bonds is 10. The zero-order chi connectivity index (χ0) is 32.4. The molecule has 1 saturated heterocycles. The van der Waals surface area contributed by atoms with Gasteiger partial charge in [-0.3, -0.25) is 9.10 Å². The van der Waals surface area contributed by atoms with Crippen LogP contribution in [0.5, 0.6) is 5.75 Å². The fourth-order valence-electron chi connectivity index (χ4n) is 6.13. The minimum Gasteiger partial charge on any atom is -0.495 e. The maximum Gasteiger partial charge on any atom is 0.266 e. The summed E-state index contributed by atoms with van der Waals surface area (Å²) in [7, 11) is -2.80. The molecule has 4 aromatic rings. The summed E-state index contributed by atoms with van der Waals surface area (Å²) in [5, 5.41) is 0.0137. The fourth-order valence-corrected chi connectivity index (χ4v) is 8.09. The molecule has 0 N–H and O–H groups in total. The first-order chi connectivity index (χ1) is 21.3. The smallest absolute Gasteiger partial charge is 0.266 e. The molecule has 1 fully saturated rings. The van der Waals surface area contributed by atoms with E-state index >= 15 is 0 Å². The second-order valence-electron chi connectivity index (χ2n) is 12.4. The van der Waals surface area contributed by atoms with E-state index in [2.05, 4.69) is 0 Å². The van der Waals surface area contributed by atoms with Crippen LogP contribution < -0.4 is 9.04 Å². The minimum absolute atomic E-state index is 0.0137. The molecule has 1 amide bonds. The first-order valence-electron chi connectivity index (χ1n) is 14.9. The quantitative estimate of drug-likeness (QED) is 0.176. The number of carbonyl (C=O) groups is 1. The van der Waals surface area contributed by atoms with Crippen molar-refractivity contribution in [1.29, 1.82) is 0 Å². The van der Waals surface area contributed by atoms with Gasteiger partial charge in [0.25, 0.3) is 15.9 Å². The Balaban J connectivity index is 1.59. The molecular formula is C36H39ClN2O5S. The first-order valence-corrected chi connectivity index (χ1v) is 16.7. The molecule has 0 bridgehead atoms. The van der Waals surface area contributed by atoms with E-state index in [4.69, 9.17) is 21.1 Å². The molecule has 1 aliphatic heterocycles. The third kappa shape index (κ3) is 7.03. The summed E-state index contributed by atoms with van der Waals surface area (Å²) < 4.78 is 42.3. The molecule has 236 valence electrons. The van der Waals surface area contributed by atoms with E-state index in [9.17, 15) is 13.2 Å². The molecule has 1 atom stereocenters. The number of sulfonamides is 1. The zero-order valence-electron chi connectivity index (χ0n) is 26.2. The number of hydrogen-bond acceptors (Lipinski definition) is 5. The summed E-state index contributed by atoms with van der Waals surface area (Å²) in [5.74, 6) is 0.0821. The van der Waals surface area contributed by atoms with Gasteiger partial charge in [0.2, 0.25) is 0 Å². The second-order valence-corrected chi connectivity index (χ2v) is 14.7. The van der Waals surface area contributed by atoms with Crippen molar-refractivity contribution < 1.29 is 22.7 Å². The molecule has 0 aromatic heterocycles. The first kappa shape index (κ1) is 32.5. The van der Waals surface area contributed by atoms with Crippen LogP contribution in [0.1, 0.15) is 55.6 Å². The lowest BCUT2D eigenvalue weighted by atomic mass is 9.92. The number of amides is 1.